The predicted molar refractivity (Wildman–Crippen MR) is 109 cm³/mol. The highest BCUT2D eigenvalue weighted by molar-refractivity contribution is 5.84. The molecule has 9 nitrogen and oxygen atoms in total. The number of methoxy groups -OCH3 is 2. The van der Waals surface area contributed by atoms with E-state index in [1.54, 1.807) is 30.3 Å². The van der Waals surface area contributed by atoms with Gasteiger partial charge in [-0.05, 0) is 11.6 Å². The molecule has 0 spiro atoms. The fraction of sp³-hybridized carbons (Fsp3) is 0.238. The van der Waals surface area contributed by atoms with Crippen molar-refractivity contribution >= 4 is 22.8 Å². The Bertz CT molecular complexity index is 1130. The molecule has 1 aromatic heterocycles. The van der Waals surface area contributed by atoms with Crippen molar-refractivity contribution < 1.29 is 24.2 Å². The van der Waals surface area contributed by atoms with Crippen LogP contribution in [0, 0.1) is 0 Å². The number of rotatable bonds is 8. The maximum atomic E-state index is 12.8. The summed E-state index contributed by atoms with van der Waals surface area (Å²) in [7, 11) is 2.92. The van der Waals surface area contributed by atoms with Crippen molar-refractivity contribution in [2.75, 3.05) is 14.2 Å². The smallest absolute Gasteiger partial charge is 0.326 e. The standard InChI is InChI=1S/C21H21N3O6/c1-29-17-9-14-15(10-18(17)30-2)22-12-24(20(14)26)11-19(25)23-16(21(27)28)8-13-6-4-3-5-7-13/h3-7,9-10,12,16H,8,11H2,1-2H3,(H,23,25)(H,27,28)/t16-/m0/s1. The molecule has 0 bridgehead atoms. The number of nitrogens with zero attached hydrogens (tertiary/aromatic N) is 2. The molecule has 1 atom stereocenters. The number of aliphatic carboxylic acids is 1. The Labute approximate surface area is 171 Å². The molecule has 2 aromatic carbocycles. The molecular weight excluding hydrogens is 390 g/mol. The quantitative estimate of drug-likeness (QED) is 0.572. The highest BCUT2D eigenvalue weighted by Crippen LogP contribution is 2.29. The minimum Gasteiger partial charge on any atom is -0.493 e. The zero-order chi connectivity index (χ0) is 21.7. The summed E-state index contributed by atoms with van der Waals surface area (Å²) >= 11 is 0. The van der Waals surface area contributed by atoms with Crippen LogP contribution in [0.1, 0.15) is 5.56 Å². The van der Waals surface area contributed by atoms with Crippen LogP contribution in [0.4, 0.5) is 0 Å². The number of fused-ring (bicyclic) bond motifs is 1. The molecule has 0 fully saturated rings. The zero-order valence-corrected chi connectivity index (χ0v) is 16.5. The number of carbonyl (C=O) groups excluding carboxylic acids is 1. The summed E-state index contributed by atoms with van der Waals surface area (Å²) in [5, 5.41) is 12.1. The summed E-state index contributed by atoms with van der Waals surface area (Å²) in [4.78, 5) is 40.9. The fourth-order valence-electron chi connectivity index (χ4n) is 3.04. The first-order chi connectivity index (χ1) is 14.4. The number of nitrogens with one attached hydrogen (secondary N) is 1. The Hall–Kier alpha value is -3.88. The first-order valence-electron chi connectivity index (χ1n) is 9.10. The summed E-state index contributed by atoms with van der Waals surface area (Å²) in [5.41, 5.74) is 0.712. The Morgan fingerprint density at radius 3 is 2.43 bits per heavy atom. The third-order valence-electron chi connectivity index (χ3n) is 4.56. The predicted octanol–water partition coefficient (Wildman–Crippen LogP) is 1.23. The van der Waals surface area contributed by atoms with E-state index >= 15 is 0 Å². The highest BCUT2D eigenvalue weighted by atomic mass is 16.5. The van der Waals surface area contributed by atoms with E-state index in [0.717, 1.165) is 10.1 Å². The number of hydrogen-bond donors (Lipinski definition) is 2. The van der Waals surface area contributed by atoms with Gasteiger partial charge in [0.2, 0.25) is 5.91 Å². The van der Waals surface area contributed by atoms with Gasteiger partial charge in [-0.15, -0.1) is 0 Å². The molecule has 9 heteroatoms. The average Bonchev–Trinajstić information content (AvgIpc) is 2.75. The SMILES string of the molecule is COc1cc2ncn(CC(=O)N[C@@H](Cc3ccccc3)C(=O)O)c(=O)c2cc1OC. The van der Waals surface area contributed by atoms with Gasteiger partial charge in [-0.3, -0.25) is 14.2 Å². The van der Waals surface area contributed by atoms with Gasteiger partial charge in [0, 0.05) is 12.5 Å². The normalized spacial score (nSPS) is 11.7. The van der Waals surface area contributed by atoms with Gasteiger partial charge in [0.25, 0.3) is 5.56 Å². The first kappa shape index (κ1) is 20.8. The van der Waals surface area contributed by atoms with Gasteiger partial charge >= 0.3 is 5.97 Å². The van der Waals surface area contributed by atoms with E-state index in [1.165, 1.54) is 26.6 Å². The summed E-state index contributed by atoms with van der Waals surface area (Å²) < 4.78 is 11.5. The van der Waals surface area contributed by atoms with Crippen LogP contribution in [-0.4, -0.2) is 46.8 Å². The maximum Gasteiger partial charge on any atom is 0.326 e. The molecule has 1 amide bonds. The van der Waals surface area contributed by atoms with Crippen molar-refractivity contribution in [1.82, 2.24) is 14.9 Å². The number of amides is 1. The molecule has 0 aliphatic rings. The van der Waals surface area contributed by atoms with Crippen molar-refractivity contribution in [1.29, 1.82) is 0 Å². The van der Waals surface area contributed by atoms with Crippen LogP contribution < -0.4 is 20.3 Å². The van der Waals surface area contributed by atoms with E-state index in [2.05, 4.69) is 10.3 Å². The summed E-state index contributed by atoms with van der Waals surface area (Å²) in [6.45, 7) is -0.366. The van der Waals surface area contributed by atoms with Crippen LogP contribution >= 0.6 is 0 Å². The molecule has 3 aromatic rings. The highest BCUT2D eigenvalue weighted by Gasteiger charge is 2.21. The second-order valence-corrected chi connectivity index (χ2v) is 6.55. The molecule has 0 aliphatic heterocycles. The van der Waals surface area contributed by atoms with Gasteiger partial charge in [0.1, 0.15) is 12.6 Å². The number of carboxylic acids is 1. The van der Waals surface area contributed by atoms with Gasteiger partial charge in [0.05, 0.1) is 31.4 Å². The van der Waals surface area contributed by atoms with Gasteiger partial charge in [0.15, 0.2) is 11.5 Å². The average molecular weight is 411 g/mol. The lowest BCUT2D eigenvalue weighted by Crippen LogP contribution is -2.44. The first-order valence-corrected chi connectivity index (χ1v) is 9.10. The lowest BCUT2D eigenvalue weighted by Gasteiger charge is -2.15. The summed E-state index contributed by atoms with van der Waals surface area (Å²) in [6, 6.07) is 10.9. The van der Waals surface area contributed by atoms with Crippen LogP contribution in [-0.2, 0) is 22.6 Å². The molecule has 0 radical (unpaired) electrons. The molecule has 2 N–H and O–H groups in total. The summed E-state index contributed by atoms with van der Waals surface area (Å²) in [6.07, 6.45) is 1.37. The van der Waals surface area contributed by atoms with E-state index in [1.807, 2.05) is 6.07 Å². The van der Waals surface area contributed by atoms with Gasteiger partial charge < -0.3 is 19.9 Å². The second kappa shape index (κ2) is 9.08. The molecule has 156 valence electrons. The minimum atomic E-state index is -1.16. The lowest BCUT2D eigenvalue weighted by atomic mass is 10.1. The van der Waals surface area contributed by atoms with Crippen molar-refractivity contribution in [3.05, 3.63) is 64.7 Å². The van der Waals surface area contributed by atoms with Crippen LogP contribution in [0.2, 0.25) is 0 Å². The van der Waals surface area contributed by atoms with Crippen molar-refractivity contribution in [3.63, 3.8) is 0 Å². The molecule has 0 aliphatic carbocycles. The minimum absolute atomic E-state index is 0.129. The third-order valence-corrected chi connectivity index (χ3v) is 4.56. The van der Waals surface area contributed by atoms with E-state index in [4.69, 9.17) is 9.47 Å². The van der Waals surface area contributed by atoms with Crippen LogP contribution in [0.3, 0.4) is 0 Å². The number of hydrogen-bond acceptors (Lipinski definition) is 6. The largest absolute Gasteiger partial charge is 0.493 e. The molecule has 0 saturated carbocycles. The van der Waals surface area contributed by atoms with E-state index in [9.17, 15) is 19.5 Å². The van der Waals surface area contributed by atoms with Crippen LogP contribution in [0.5, 0.6) is 11.5 Å². The Morgan fingerprint density at radius 1 is 1.13 bits per heavy atom. The Balaban J connectivity index is 1.80. The van der Waals surface area contributed by atoms with Crippen molar-refractivity contribution in [3.8, 4) is 11.5 Å². The van der Waals surface area contributed by atoms with Crippen LogP contribution in [0.15, 0.2) is 53.6 Å². The fourth-order valence-corrected chi connectivity index (χ4v) is 3.04. The number of benzene rings is 2. The van der Waals surface area contributed by atoms with Crippen LogP contribution in [0.25, 0.3) is 10.9 Å². The number of aromatic nitrogens is 2. The van der Waals surface area contributed by atoms with Gasteiger partial charge in [-0.25, -0.2) is 9.78 Å². The molecule has 30 heavy (non-hydrogen) atoms. The van der Waals surface area contributed by atoms with E-state index in [0.29, 0.717) is 17.0 Å². The zero-order valence-electron chi connectivity index (χ0n) is 16.5. The summed E-state index contributed by atoms with van der Waals surface area (Å²) in [5.74, 6) is -0.979. The molecular formula is C21H21N3O6. The number of carboxylic acid groups (broad SMARTS) is 1. The number of ether oxygens (including phenoxy) is 2. The van der Waals surface area contributed by atoms with E-state index < -0.39 is 23.5 Å². The van der Waals surface area contributed by atoms with Gasteiger partial charge in [-0.1, -0.05) is 30.3 Å². The van der Waals surface area contributed by atoms with Crippen molar-refractivity contribution in [2.24, 2.45) is 0 Å². The maximum absolute atomic E-state index is 12.8. The second-order valence-electron chi connectivity index (χ2n) is 6.55. The molecule has 3 rings (SSSR count). The monoisotopic (exact) mass is 411 g/mol. The van der Waals surface area contributed by atoms with E-state index in [-0.39, 0.29) is 18.4 Å². The molecule has 0 unspecified atom stereocenters. The van der Waals surface area contributed by atoms with Gasteiger partial charge in [-0.2, -0.15) is 0 Å². The van der Waals surface area contributed by atoms with Crippen molar-refractivity contribution in [2.45, 2.75) is 19.0 Å². The molecule has 0 saturated heterocycles. The number of carbonyl (C=O) groups is 2. The lowest BCUT2D eigenvalue weighted by molar-refractivity contribution is -0.141. The topological polar surface area (TPSA) is 120 Å². The molecule has 1 heterocycles. The Kier molecular flexibility index (Phi) is 6.31. The Morgan fingerprint density at radius 2 is 1.80 bits per heavy atom. The third kappa shape index (κ3) is 4.57.